The lowest BCUT2D eigenvalue weighted by Crippen LogP contribution is -2.34. The Labute approximate surface area is 126 Å². The first-order valence-corrected chi connectivity index (χ1v) is 7.36. The summed E-state index contributed by atoms with van der Waals surface area (Å²) < 4.78 is 5.07. The summed E-state index contributed by atoms with van der Waals surface area (Å²) in [5.41, 5.74) is 0.545. The summed E-state index contributed by atoms with van der Waals surface area (Å²) in [6, 6.07) is 6.95. The Kier molecular flexibility index (Phi) is 7.94. The third kappa shape index (κ3) is 6.79. The van der Waals surface area contributed by atoms with Gasteiger partial charge in [-0.05, 0) is 24.6 Å². The van der Waals surface area contributed by atoms with E-state index in [1.165, 1.54) is 0 Å². The van der Waals surface area contributed by atoms with Crippen LogP contribution in [0.2, 0.25) is 0 Å². The van der Waals surface area contributed by atoms with E-state index < -0.39 is 0 Å². The van der Waals surface area contributed by atoms with Crippen molar-refractivity contribution in [1.82, 2.24) is 10.6 Å². The first-order valence-electron chi connectivity index (χ1n) is 7.36. The molecule has 0 aliphatic heterocycles. The summed E-state index contributed by atoms with van der Waals surface area (Å²) in [6.45, 7) is 2.96. The van der Waals surface area contributed by atoms with Gasteiger partial charge in [0.05, 0.1) is 7.11 Å². The van der Waals surface area contributed by atoms with Crippen LogP contribution in [0.15, 0.2) is 24.3 Å². The molecule has 1 aromatic rings. The second kappa shape index (κ2) is 9.80. The van der Waals surface area contributed by atoms with Crippen molar-refractivity contribution in [3.8, 4) is 5.75 Å². The molecule has 0 atom stereocenters. The van der Waals surface area contributed by atoms with Gasteiger partial charge in [0.15, 0.2) is 0 Å². The molecule has 0 aliphatic rings. The number of nitrogens with one attached hydrogen (secondary N) is 2. The van der Waals surface area contributed by atoms with E-state index in [0.29, 0.717) is 30.8 Å². The lowest BCUT2D eigenvalue weighted by atomic mass is 10.2. The fourth-order valence-corrected chi connectivity index (χ4v) is 1.87. The normalized spacial score (nSPS) is 10.0. The molecular formula is C16H24N2O3. The summed E-state index contributed by atoms with van der Waals surface area (Å²) in [6.07, 6.45) is 3.64. The van der Waals surface area contributed by atoms with Crippen LogP contribution in [0.5, 0.6) is 5.75 Å². The van der Waals surface area contributed by atoms with Crippen molar-refractivity contribution in [2.24, 2.45) is 0 Å². The molecule has 0 unspecified atom stereocenters. The predicted molar refractivity (Wildman–Crippen MR) is 82.5 cm³/mol. The van der Waals surface area contributed by atoms with E-state index in [1.54, 1.807) is 31.4 Å². The molecular weight excluding hydrogens is 268 g/mol. The molecule has 2 amide bonds. The van der Waals surface area contributed by atoms with Gasteiger partial charge in [0, 0.05) is 25.1 Å². The van der Waals surface area contributed by atoms with Crippen LogP contribution in [0, 0.1) is 0 Å². The van der Waals surface area contributed by atoms with Crippen molar-refractivity contribution in [3.05, 3.63) is 29.8 Å². The van der Waals surface area contributed by atoms with Crippen LogP contribution in [0.25, 0.3) is 0 Å². The molecule has 0 heterocycles. The summed E-state index contributed by atoms with van der Waals surface area (Å²) in [4.78, 5) is 23.4. The average molecular weight is 292 g/mol. The van der Waals surface area contributed by atoms with Gasteiger partial charge in [-0.1, -0.05) is 25.8 Å². The zero-order chi connectivity index (χ0) is 15.5. The number of amides is 2. The SMILES string of the molecule is CCCCCC(=O)NCCNC(=O)c1cccc(OC)c1. The van der Waals surface area contributed by atoms with E-state index in [2.05, 4.69) is 17.6 Å². The Morgan fingerprint density at radius 3 is 2.62 bits per heavy atom. The number of hydrogen-bond donors (Lipinski definition) is 2. The molecule has 0 aliphatic carbocycles. The smallest absolute Gasteiger partial charge is 0.251 e. The van der Waals surface area contributed by atoms with Crippen LogP contribution in [0.1, 0.15) is 43.0 Å². The van der Waals surface area contributed by atoms with E-state index in [1.807, 2.05) is 0 Å². The molecule has 0 bridgehead atoms. The highest BCUT2D eigenvalue weighted by atomic mass is 16.5. The van der Waals surface area contributed by atoms with Crippen molar-refractivity contribution < 1.29 is 14.3 Å². The molecule has 0 radical (unpaired) electrons. The Morgan fingerprint density at radius 1 is 1.14 bits per heavy atom. The zero-order valence-electron chi connectivity index (χ0n) is 12.8. The molecule has 2 N–H and O–H groups in total. The largest absolute Gasteiger partial charge is 0.497 e. The van der Waals surface area contributed by atoms with Gasteiger partial charge >= 0.3 is 0 Å². The second-order valence-electron chi connectivity index (χ2n) is 4.79. The minimum Gasteiger partial charge on any atom is -0.497 e. The number of hydrogen-bond acceptors (Lipinski definition) is 3. The lowest BCUT2D eigenvalue weighted by Gasteiger charge is -2.08. The summed E-state index contributed by atoms with van der Waals surface area (Å²) in [5.74, 6) is 0.514. The molecule has 5 heteroatoms. The molecule has 0 saturated heterocycles. The molecule has 1 aromatic carbocycles. The van der Waals surface area contributed by atoms with E-state index in [9.17, 15) is 9.59 Å². The van der Waals surface area contributed by atoms with E-state index in [-0.39, 0.29) is 11.8 Å². The van der Waals surface area contributed by atoms with Crippen LogP contribution < -0.4 is 15.4 Å². The number of benzene rings is 1. The Morgan fingerprint density at radius 2 is 1.90 bits per heavy atom. The summed E-state index contributed by atoms with van der Waals surface area (Å²) in [5, 5.41) is 5.56. The van der Waals surface area contributed by atoms with Gasteiger partial charge in [-0.3, -0.25) is 9.59 Å². The maximum absolute atomic E-state index is 11.9. The maximum atomic E-state index is 11.9. The van der Waals surface area contributed by atoms with Crippen molar-refractivity contribution in [3.63, 3.8) is 0 Å². The highest BCUT2D eigenvalue weighted by molar-refractivity contribution is 5.94. The minimum absolute atomic E-state index is 0.0408. The molecule has 0 aromatic heterocycles. The number of carbonyl (C=O) groups excluding carboxylic acids is 2. The number of carbonyl (C=O) groups is 2. The monoisotopic (exact) mass is 292 g/mol. The fourth-order valence-electron chi connectivity index (χ4n) is 1.87. The lowest BCUT2D eigenvalue weighted by molar-refractivity contribution is -0.121. The van der Waals surface area contributed by atoms with Crippen LogP contribution in [-0.4, -0.2) is 32.0 Å². The molecule has 21 heavy (non-hydrogen) atoms. The Hall–Kier alpha value is -2.04. The van der Waals surface area contributed by atoms with Crippen molar-refractivity contribution >= 4 is 11.8 Å². The van der Waals surface area contributed by atoms with Gasteiger partial charge in [0.25, 0.3) is 5.91 Å². The van der Waals surface area contributed by atoms with Crippen LogP contribution in [-0.2, 0) is 4.79 Å². The molecule has 0 fully saturated rings. The highest BCUT2D eigenvalue weighted by Gasteiger charge is 2.06. The molecule has 5 nitrogen and oxygen atoms in total. The Balaban J connectivity index is 2.22. The number of rotatable bonds is 9. The second-order valence-corrected chi connectivity index (χ2v) is 4.79. The van der Waals surface area contributed by atoms with Gasteiger partial charge in [-0.2, -0.15) is 0 Å². The van der Waals surface area contributed by atoms with Gasteiger partial charge in [0.2, 0.25) is 5.91 Å². The van der Waals surface area contributed by atoms with Gasteiger partial charge in [-0.15, -0.1) is 0 Å². The van der Waals surface area contributed by atoms with Crippen molar-refractivity contribution in [1.29, 1.82) is 0 Å². The van der Waals surface area contributed by atoms with Crippen molar-refractivity contribution in [2.45, 2.75) is 32.6 Å². The number of unbranched alkanes of at least 4 members (excludes halogenated alkanes) is 2. The van der Waals surface area contributed by atoms with E-state index in [4.69, 9.17) is 4.74 Å². The average Bonchev–Trinajstić information content (AvgIpc) is 2.51. The highest BCUT2D eigenvalue weighted by Crippen LogP contribution is 2.12. The standard InChI is InChI=1S/C16H24N2O3/c1-3-4-5-9-15(19)17-10-11-18-16(20)13-7-6-8-14(12-13)21-2/h6-8,12H,3-5,9-11H2,1-2H3,(H,17,19)(H,18,20). The van der Waals surface area contributed by atoms with Crippen LogP contribution in [0.4, 0.5) is 0 Å². The summed E-state index contributed by atoms with van der Waals surface area (Å²) >= 11 is 0. The number of methoxy groups -OCH3 is 1. The van der Waals surface area contributed by atoms with E-state index >= 15 is 0 Å². The summed E-state index contributed by atoms with van der Waals surface area (Å²) in [7, 11) is 1.56. The fraction of sp³-hybridized carbons (Fsp3) is 0.500. The van der Waals surface area contributed by atoms with Crippen LogP contribution >= 0.6 is 0 Å². The predicted octanol–water partition coefficient (Wildman–Crippen LogP) is 2.12. The van der Waals surface area contributed by atoms with Gasteiger partial charge < -0.3 is 15.4 Å². The first-order chi connectivity index (χ1) is 10.2. The maximum Gasteiger partial charge on any atom is 0.251 e. The zero-order valence-corrected chi connectivity index (χ0v) is 12.8. The first kappa shape index (κ1) is 17.0. The molecule has 0 spiro atoms. The van der Waals surface area contributed by atoms with Gasteiger partial charge in [0.1, 0.15) is 5.75 Å². The van der Waals surface area contributed by atoms with Crippen molar-refractivity contribution in [2.75, 3.05) is 20.2 Å². The van der Waals surface area contributed by atoms with E-state index in [0.717, 1.165) is 19.3 Å². The molecule has 1 rings (SSSR count). The Bertz CT molecular complexity index is 461. The third-order valence-electron chi connectivity index (χ3n) is 3.07. The van der Waals surface area contributed by atoms with Gasteiger partial charge in [-0.25, -0.2) is 0 Å². The minimum atomic E-state index is -0.172. The molecule has 0 saturated carbocycles. The third-order valence-corrected chi connectivity index (χ3v) is 3.07. The quantitative estimate of drug-likeness (QED) is 0.685. The molecule has 116 valence electrons. The van der Waals surface area contributed by atoms with Crippen LogP contribution in [0.3, 0.4) is 0 Å². The number of ether oxygens (including phenoxy) is 1. The topological polar surface area (TPSA) is 67.4 Å².